The molecule has 0 saturated carbocycles. The summed E-state index contributed by atoms with van der Waals surface area (Å²) in [7, 11) is -3.33. The molecule has 0 amide bonds. The number of hydrogen-bond acceptors (Lipinski definition) is 6. The zero-order valence-electron chi connectivity index (χ0n) is 13.9. The van der Waals surface area contributed by atoms with Crippen molar-refractivity contribution in [1.29, 1.82) is 0 Å². The molecule has 132 valence electrons. The molecule has 0 fully saturated rings. The highest BCUT2D eigenvalue weighted by molar-refractivity contribution is 7.90. The number of sulfone groups is 1. The fourth-order valence-electron chi connectivity index (χ4n) is 2.04. The molecule has 0 heterocycles. The summed E-state index contributed by atoms with van der Waals surface area (Å²) < 4.78 is 33.0. The summed E-state index contributed by atoms with van der Waals surface area (Å²) in [5.74, 6) is -0.384. The van der Waals surface area contributed by atoms with Gasteiger partial charge in [-0.1, -0.05) is 0 Å². The van der Waals surface area contributed by atoms with Crippen LogP contribution in [-0.4, -0.2) is 39.6 Å². The van der Waals surface area contributed by atoms with Crippen LogP contribution in [0.3, 0.4) is 0 Å². The van der Waals surface area contributed by atoms with Crippen LogP contribution >= 0.6 is 0 Å². The van der Waals surface area contributed by atoms with Crippen molar-refractivity contribution < 1.29 is 27.5 Å². The van der Waals surface area contributed by atoms with Crippen molar-refractivity contribution in [2.45, 2.75) is 11.8 Å². The highest BCUT2D eigenvalue weighted by Gasteiger charge is 2.13. The molecule has 0 unspecified atom stereocenters. The van der Waals surface area contributed by atoms with Gasteiger partial charge in [-0.05, 0) is 55.5 Å². The van der Waals surface area contributed by atoms with E-state index in [1.807, 2.05) is 6.92 Å². The van der Waals surface area contributed by atoms with Crippen LogP contribution in [0.25, 0.3) is 0 Å². The second kappa shape index (κ2) is 7.94. The summed E-state index contributed by atoms with van der Waals surface area (Å²) in [4.78, 5) is 24.1. The van der Waals surface area contributed by atoms with E-state index in [0.29, 0.717) is 17.9 Å². The summed E-state index contributed by atoms with van der Waals surface area (Å²) in [6.45, 7) is 1.99. The van der Waals surface area contributed by atoms with E-state index < -0.39 is 22.4 Å². The van der Waals surface area contributed by atoms with Gasteiger partial charge in [0.2, 0.25) is 0 Å². The lowest BCUT2D eigenvalue weighted by molar-refractivity contribution is 0.0474. The third kappa shape index (κ3) is 5.15. The minimum atomic E-state index is -3.33. The van der Waals surface area contributed by atoms with Crippen molar-refractivity contribution >= 4 is 21.6 Å². The Morgan fingerprint density at radius 3 is 2.00 bits per heavy atom. The lowest BCUT2D eigenvalue weighted by Gasteiger charge is -2.06. The minimum Gasteiger partial charge on any atom is -0.494 e. The molecule has 0 spiro atoms. The number of rotatable bonds is 7. The molecule has 6 nitrogen and oxygen atoms in total. The molecule has 2 rings (SSSR count). The fourth-order valence-corrected chi connectivity index (χ4v) is 2.67. The Hall–Kier alpha value is -2.67. The molecule has 0 aliphatic carbocycles. The summed E-state index contributed by atoms with van der Waals surface area (Å²) in [6.07, 6.45) is 1.08. The van der Waals surface area contributed by atoms with Gasteiger partial charge in [0.1, 0.15) is 5.75 Å². The van der Waals surface area contributed by atoms with Crippen LogP contribution in [0.2, 0.25) is 0 Å². The Morgan fingerprint density at radius 2 is 1.48 bits per heavy atom. The Balaban J connectivity index is 1.96. The number of carbonyl (C=O) groups is 2. The van der Waals surface area contributed by atoms with Crippen LogP contribution in [-0.2, 0) is 14.6 Å². The highest BCUT2D eigenvalue weighted by atomic mass is 32.2. The van der Waals surface area contributed by atoms with Crippen molar-refractivity contribution in [3.8, 4) is 5.75 Å². The maximum Gasteiger partial charge on any atom is 0.338 e. The van der Waals surface area contributed by atoms with Crippen LogP contribution < -0.4 is 4.74 Å². The van der Waals surface area contributed by atoms with E-state index in [1.165, 1.54) is 24.3 Å². The predicted molar refractivity (Wildman–Crippen MR) is 91.8 cm³/mol. The second-order valence-corrected chi connectivity index (χ2v) is 7.27. The molecule has 0 N–H and O–H groups in total. The van der Waals surface area contributed by atoms with Crippen LogP contribution in [0.4, 0.5) is 0 Å². The average Bonchev–Trinajstić information content (AvgIpc) is 2.59. The molecule has 0 radical (unpaired) electrons. The van der Waals surface area contributed by atoms with E-state index in [9.17, 15) is 18.0 Å². The molecule has 0 saturated heterocycles. The maximum absolute atomic E-state index is 12.0. The van der Waals surface area contributed by atoms with E-state index in [0.717, 1.165) is 6.26 Å². The Morgan fingerprint density at radius 1 is 0.920 bits per heavy atom. The van der Waals surface area contributed by atoms with Gasteiger partial charge < -0.3 is 9.47 Å². The first-order valence-corrected chi connectivity index (χ1v) is 9.43. The van der Waals surface area contributed by atoms with Crippen LogP contribution in [0.1, 0.15) is 27.6 Å². The van der Waals surface area contributed by atoms with E-state index in [4.69, 9.17) is 9.47 Å². The van der Waals surface area contributed by atoms with Gasteiger partial charge in [0.15, 0.2) is 22.2 Å². The van der Waals surface area contributed by atoms with Crippen molar-refractivity contribution in [2.75, 3.05) is 19.5 Å². The normalized spacial score (nSPS) is 11.0. The van der Waals surface area contributed by atoms with Crippen molar-refractivity contribution in [1.82, 2.24) is 0 Å². The number of ether oxygens (including phenoxy) is 2. The van der Waals surface area contributed by atoms with Crippen LogP contribution in [0.15, 0.2) is 53.4 Å². The van der Waals surface area contributed by atoms with Gasteiger partial charge in [-0.3, -0.25) is 4.79 Å². The van der Waals surface area contributed by atoms with Crippen LogP contribution in [0.5, 0.6) is 5.75 Å². The Kier molecular flexibility index (Phi) is 5.93. The highest BCUT2D eigenvalue weighted by Crippen LogP contribution is 2.14. The largest absolute Gasteiger partial charge is 0.494 e. The topological polar surface area (TPSA) is 86.7 Å². The van der Waals surface area contributed by atoms with E-state index >= 15 is 0 Å². The first-order chi connectivity index (χ1) is 11.8. The zero-order valence-corrected chi connectivity index (χ0v) is 14.7. The Labute approximate surface area is 146 Å². The standard InChI is InChI=1S/C18H18O6S/c1-3-23-15-8-4-13(5-9-15)17(19)12-24-18(20)14-6-10-16(11-7-14)25(2,21)22/h4-11H,3,12H2,1-2H3. The fraction of sp³-hybridized carbons (Fsp3) is 0.222. The smallest absolute Gasteiger partial charge is 0.338 e. The van der Waals surface area contributed by atoms with Gasteiger partial charge in [-0.2, -0.15) is 0 Å². The Bertz CT molecular complexity index is 851. The van der Waals surface area contributed by atoms with Gasteiger partial charge in [0.25, 0.3) is 0 Å². The van der Waals surface area contributed by atoms with E-state index in [2.05, 4.69) is 0 Å². The molecule has 0 aliphatic heterocycles. The van der Waals surface area contributed by atoms with Crippen LogP contribution in [0, 0.1) is 0 Å². The molecule has 25 heavy (non-hydrogen) atoms. The molecule has 7 heteroatoms. The van der Waals surface area contributed by atoms with E-state index in [-0.39, 0.29) is 16.2 Å². The number of carbonyl (C=O) groups excluding carboxylic acids is 2. The lowest BCUT2D eigenvalue weighted by atomic mass is 10.1. The molecule has 2 aromatic rings. The predicted octanol–water partition coefficient (Wildman–Crippen LogP) is 2.53. The molecule has 0 atom stereocenters. The van der Waals surface area contributed by atoms with E-state index in [1.54, 1.807) is 24.3 Å². The molecule has 0 aromatic heterocycles. The van der Waals surface area contributed by atoms with Gasteiger partial charge in [-0.25, -0.2) is 13.2 Å². The molecule has 0 aliphatic rings. The third-order valence-corrected chi connectivity index (χ3v) is 4.47. The average molecular weight is 362 g/mol. The van der Waals surface area contributed by atoms with Crippen molar-refractivity contribution in [3.05, 3.63) is 59.7 Å². The summed E-state index contributed by atoms with van der Waals surface area (Å²) >= 11 is 0. The number of esters is 1. The van der Waals surface area contributed by atoms with Crippen molar-refractivity contribution in [3.63, 3.8) is 0 Å². The minimum absolute atomic E-state index is 0.106. The molecular weight excluding hydrogens is 344 g/mol. The monoisotopic (exact) mass is 362 g/mol. The van der Waals surface area contributed by atoms with Gasteiger partial charge in [-0.15, -0.1) is 0 Å². The third-order valence-electron chi connectivity index (χ3n) is 3.34. The van der Waals surface area contributed by atoms with Gasteiger partial charge in [0.05, 0.1) is 17.1 Å². The SMILES string of the molecule is CCOc1ccc(C(=O)COC(=O)c2ccc(S(C)(=O)=O)cc2)cc1. The number of Topliss-reactive ketones (excluding diaryl/α,β-unsaturated/α-hetero) is 1. The number of hydrogen-bond donors (Lipinski definition) is 0. The summed E-state index contributed by atoms with van der Waals surface area (Å²) in [5, 5.41) is 0. The molecule has 0 bridgehead atoms. The summed E-state index contributed by atoms with van der Waals surface area (Å²) in [6, 6.07) is 11.9. The number of benzene rings is 2. The summed E-state index contributed by atoms with van der Waals surface area (Å²) in [5.41, 5.74) is 0.579. The quantitative estimate of drug-likeness (QED) is 0.556. The van der Waals surface area contributed by atoms with Crippen molar-refractivity contribution in [2.24, 2.45) is 0 Å². The van der Waals surface area contributed by atoms with Gasteiger partial charge >= 0.3 is 5.97 Å². The molecule has 2 aromatic carbocycles. The number of ketones is 1. The zero-order chi connectivity index (χ0) is 18.4. The molecular formula is C18H18O6S. The maximum atomic E-state index is 12.0. The lowest BCUT2D eigenvalue weighted by Crippen LogP contribution is -2.14. The van der Waals surface area contributed by atoms with Gasteiger partial charge in [0, 0.05) is 11.8 Å². The first kappa shape index (κ1) is 18.7. The first-order valence-electron chi connectivity index (χ1n) is 7.54. The second-order valence-electron chi connectivity index (χ2n) is 5.25.